The third-order valence-electron chi connectivity index (χ3n) is 16.4. The van der Waals surface area contributed by atoms with Gasteiger partial charge in [0.05, 0.1) is 16.6 Å². The van der Waals surface area contributed by atoms with Gasteiger partial charge in [-0.15, -0.1) is 0 Å². The topological polar surface area (TPSA) is 51.7 Å². The number of furan rings is 1. The molecule has 6 aliphatic carbocycles. The Morgan fingerprint density at radius 2 is 0.948 bits per heavy atom. The second-order valence-corrected chi connectivity index (χ2v) is 19.8. The molecule has 3 heterocycles. The minimum absolute atomic E-state index is 0.0288. The van der Waals surface area contributed by atoms with Crippen molar-refractivity contribution in [3.8, 4) is 22.3 Å². The maximum Gasteiger partial charge on any atom is 0.169 e. The van der Waals surface area contributed by atoms with Crippen molar-refractivity contribution in [1.29, 1.82) is 0 Å². The Kier molecular flexibility index (Phi) is 6.11. The van der Waals surface area contributed by atoms with Crippen molar-refractivity contribution in [2.75, 3.05) is 0 Å². The molecule has 6 aromatic carbocycles. The highest BCUT2D eigenvalue weighted by molar-refractivity contribution is 6.26. The van der Waals surface area contributed by atoms with Crippen LogP contribution in [0.4, 0.5) is 0 Å². The van der Waals surface area contributed by atoms with Gasteiger partial charge in [0.25, 0.3) is 0 Å². The summed E-state index contributed by atoms with van der Waals surface area (Å²) in [4.78, 5) is 29.1. The maximum absolute atomic E-state index is 14.5. The summed E-state index contributed by atoms with van der Waals surface area (Å²) in [6.07, 6.45) is 7.88. The summed E-state index contributed by atoms with van der Waals surface area (Å²) >= 11 is 0. The molecule has 2 fully saturated rings. The van der Waals surface area contributed by atoms with Crippen LogP contribution in [0.2, 0.25) is 0 Å². The molecule has 0 radical (unpaired) electrons. The molecule has 4 nitrogen and oxygen atoms in total. The fourth-order valence-electron chi connectivity index (χ4n) is 12.4. The number of carbonyl (C=O) groups is 2. The normalized spacial score (nSPS) is 26.8. The zero-order chi connectivity index (χ0) is 39.1. The predicted molar refractivity (Wildman–Crippen MR) is 236 cm³/mol. The zero-order valence-corrected chi connectivity index (χ0v) is 33.6. The molecule has 6 aliphatic rings. The van der Waals surface area contributed by atoms with E-state index in [1.807, 2.05) is 12.1 Å². The number of aromatic nitrogens is 1. The second kappa shape index (κ2) is 10.7. The summed E-state index contributed by atoms with van der Waals surface area (Å²) in [5, 5.41) is 7.09. The van der Waals surface area contributed by atoms with E-state index in [1.54, 1.807) is 0 Å². The number of nitrogens with zero attached hydrogens (tertiary/aromatic N) is 1. The molecule has 0 saturated heterocycles. The number of hydrogen-bond donors (Lipinski definition) is 0. The average Bonchev–Trinajstić information content (AvgIpc) is 3.84. The van der Waals surface area contributed by atoms with Crippen LogP contribution in [0.5, 0.6) is 0 Å². The number of fused-ring (bicyclic) bond motifs is 13. The van der Waals surface area contributed by atoms with Crippen LogP contribution in [0.25, 0.3) is 82.3 Å². The Hall–Kier alpha value is -5.74. The van der Waals surface area contributed by atoms with Crippen LogP contribution < -0.4 is 0 Å². The fourth-order valence-corrected chi connectivity index (χ4v) is 12.4. The summed E-state index contributed by atoms with van der Waals surface area (Å²) in [6, 6.07) is 37.7. The number of carbonyl (C=O) groups excluding carboxylic acids is 2. The van der Waals surface area contributed by atoms with Gasteiger partial charge in [-0.2, -0.15) is 0 Å². The first kappa shape index (κ1) is 33.3. The maximum atomic E-state index is 14.5. The summed E-state index contributed by atoms with van der Waals surface area (Å²) in [6.45, 7) is 9.16. The SMILES string of the molecule is CC12CCC(C)(CC1)c1cc3c4cc(-c5ccc(-c6cccc7oc8ccccc8c67)cc5)cc5c6cc7c(cc6n(c3cc1C2=O)c45)C(=O)C1(C)CCC7(C)CC1. The lowest BCUT2D eigenvalue weighted by atomic mass is 9.65. The predicted octanol–water partition coefficient (Wildman–Crippen LogP) is 14.1. The van der Waals surface area contributed by atoms with Crippen LogP contribution in [0.3, 0.4) is 0 Å². The van der Waals surface area contributed by atoms with Gasteiger partial charge in [-0.3, -0.25) is 9.59 Å². The van der Waals surface area contributed by atoms with Crippen molar-refractivity contribution in [3.63, 3.8) is 0 Å². The van der Waals surface area contributed by atoms with Gasteiger partial charge in [-0.1, -0.05) is 82.3 Å². The first-order valence-corrected chi connectivity index (χ1v) is 21.4. The second-order valence-electron chi connectivity index (χ2n) is 19.8. The molecular formula is C54H45NO3. The van der Waals surface area contributed by atoms with Crippen LogP contribution in [-0.4, -0.2) is 16.0 Å². The van der Waals surface area contributed by atoms with Crippen LogP contribution in [0.15, 0.2) is 108 Å². The van der Waals surface area contributed by atoms with E-state index in [2.05, 4.69) is 123 Å². The van der Waals surface area contributed by atoms with Gasteiger partial charge in [0.15, 0.2) is 11.6 Å². The molecule has 9 aromatic rings. The van der Waals surface area contributed by atoms with E-state index < -0.39 is 0 Å². The molecule has 0 atom stereocenters. The summed E-state index contributed by atoms with van der Waals surface area (Å²) in [5.74, 6) is 0.605. The molecule has 4 heteroatoms. The van der Waals surface area contributed by atoms with Gasteiger partial charge in [-0.05, 0) is 144 Å². The minimum Gasteiger partial charge on any atom is -0.456 e. The number of ketones is 2. The number of rotatable bonds is 2. The Morgan fingerprint density at radius 1 is 0.448 bits per heavy atom. The van der Waals surface area contributed by atoms with Crippen molar-refractivity contribution in [2.24, 2.45) is 10.8 Å². The Morgan fingerprint density at radius 3 is 1.52 bits per heavy atom. The fraction of sp³-hybridized carbons (Fsp3) is 0.296. The molecule has 284 valence electrons. The van der Waals surface area contributed by atoms with Gasteiger partial charge < -0.3 is 8.82 Å². The van der Waals surface area contributed by atoms with Crippen molar-refractivity contribution in [1.82, 2.24) is 4.40 Å². The molecule has 0 aliphatic heterocycles. The van der Waals surface area contributed by atoms with Gasteiger partial charge in [-0.25, -0.2) is 0 Å². The quantitative estimate of drug-likeness (QED) is 0.177. The highest BCUT2D eigenvalue weighted by atomic mass is 16.3. The van der Waals surface area contributed by atoms with Crippen LogP contribution in [0.1, 0.15) is 111 Å². The molecule has 0 N–H and O–H groups in total. The lowest BCUT2D eigenvalue weighted by Gasteiger charge is -2.38. The summed E-state index contributed by atoms with van der Waals surface area (Å²) in [7, 11) is 0. The van der Waals surface area contributed by atoms with Crippen molar-refractivity contribution in [2.45, 2.75) is 89.9 Å². The van der Waals surface area contributed by atoms with Gasteiger partial charge >= 0.3 is 0 Å². The molecule has 58 heavy (non-hydrogen) atoms. The van der Waals surface area contributed by atoms with E-state index >= 15 is 0 Å². The van der Waals surface area contributed by atoms with E-state index in [9.17, 15) is 9.59 Å². The van der Waals surface area contributed by atoms with Gasteiger partial charge in [0, 0.05) is 54.3 Å². The molecule has 15 rings (SSSR count). The number of hydrogen-bond acceptors (Lipinski definition) is 3. The van der Waals surface area contributed by atoms with E-state index in [4.69, 9.17) is 4.42 Å². The van der Waals surface area contributed by atoms with Crippen molar-refractivity contribution in [3.05, 3.63) is 125 Å². The zero-order valence-electron chi connectivity index (χ0n) is 33.6. The van der Waals surface area contributed by atoms with Crippen LogP contribution in [0, 0.1) is 10.8 Å². The molecule has 3 aromatic heterocycles. The van der Waals surface area contributed by atoms with E-state index in [-0.39, 0.29) is 21.7 Å². The molecule has 0 unspecified atom stereocenters. The monoisotopic (exact) mass is 755 g/mol. The molecule has 0 spiro atoms. The van der Waals surface area contributed by atoms with Crippen LogP contribution in [-0.2, 0) is 10.8 Å². The van der Waals surface area contributed by atoms with E-state index in [1.165, 1.54) is 49.3 Å². The van der Waals surface area contributed by atoms with E-state index in [0.717, 1.165) is 107 Å². The third kappa shape index (κ3) is 4.06. The number of benzene rings is 6. The third-order valence-corrected chi connectivity index (χ3v) is 16.4. The first-order chi connectivity index (χ1) is 28.0. The first-order valence-electron chi connectivity index (χ1n) is 21.4. The molecular weight excluding hydrogens is 711 g/mol. The van der Waals surface area contributed by atoms with Crippen molar-refractivity contribution < 1.29 is 14.0 Å². The molecule has 4 bridgehead atoms. The Bertz CT molecular complexity index is 3180. The Balaban J connectivity index is 1.08. The van der Waals surface area contributed by atoms with E-state index in [0.29, 0.717) is 11.6 Å². The Labute approximate surface area is 337 Å². The van der Waals surface area contributed by atoms with Crippen molar-refractivity contribution >= 4 is 71.6 Å². The average molecular weight is 756 g/mol. The molecule has 0 amide bonds. The standard InChI is InChI=1S/C54H45NO3/c1-51-16-20-53(3,21-17-51)49(56)39-28-43-35(26-41(39)51)37-24-32(30-12-14-31(15-13-30)33-9-7-11-46-47(33)34-8-5-6-10-45(34)58-46)25-38-36-27-42-40(29-44(36)55(43)48(37)38)50(57)54(4)22-18-52(42,2)19-23-54/h5-15,24-29H,16-23H2,1-4H3. The number of para-hydroxylation sites is 1. The largest absolute Gasteiger partial charge is 0.456 e. The summed E-state index contributed by atoms with van der Waals surface area (Å²) in [5.41, 5.74) is 13.3. The van der Waals surface area contributed by atoms with Crippen LogP contribution >= 0.6 is 0 Å². The lowest BCUT2D eigenvalue weighted by Crippen LogP contribution is -2.33. The molecule has 2 saturated carbocycles. The number of Topliss-reactive ketones (excluding diaryl/α,β-unsaturated/α-hetero) is 2. The smallest absolute Gasteiger partial charge is 0.169 e. The summed E-state index contributed by atoms with van der Waals surface area (Å²) < 4.78 is 8.66. The highest BCUT2D eigenvalue weighted by Crippen LogP contribution is 2.57. The van der Waals surface area contributed by atoms with Gasteiger partial charge in [0.2, 0.25) is 0 Å². The highest BCUT2D eigenvalue weighted by Gasteiger charge is 2.50. The lowest BCUT2D eigenvalue weighted by molar-refractivity contribution is 0.0726. The van der Waals surface area contributed by atoms with Gasteiger partial charge in [0.1, 0.15) is 11.2 Å². The minimum atomic E-state index is -0.317.